The van der Waals surface area contributed by atoms with Gasteiger partial charge in [0.15, 0.2) is 0 Å². The van der Waals surface area contributed by atoms with Crippen molar-refractivity contribution in [3.63, 3.8) is 0 Å². The van der Waals surface area contributed by atoms with E-state index >= 15 is 0 Å². The first-order valence-electron chi connectivity index (χ1n) is 7.52. The molecule has 0 bridgehead atoms. The van der Waals surface area contributed by atoms with E-state index in [0.717, 1.165) is 26.5 Å². The molecule has 0 fully saturated rings. The van der Waals surface area contributed by atoms with Crippen LogP contribution in [0.1, 0.15) is 23.5 Å². The van der Waals surface area contributed by atoms with Crippen LogP contribution in [0.25, 0.3) is 10.9 Å². The second-order valence-corrected chi connectivity index (χ2v) is 6.43. The fourth-order valence-corrected chi connectivity index (χ4v) is 3.31. The lowest BCUT2D eigenvalue weighted by atomic mass is 9.87. The summed E-state index contributed by atoms with van der Waals surface area (Å²) in [7, 11) is 1.22. The fourth-order valence-electron chi connectivity index (χ4n) is 2.90. The standard InChI is InChI=1S/C19H16BrNO3/c1-24-19(23)18(22)10-15(12-5-4-6-13(20)9-12)16-11-21-17-8-3-2-7-14(16)17/h2-9,11,15,21H,10H2,1H3. The maximum Gasteiger partial charge on any atom is 0.374 e. The van der Waals surface area contributed by atoms with Gasteiger partial charge >= 0.3 is 5.97 Å². The summed E-state index contributed by atoms with van der Waals surface area (Å²) in [6.45, 7) is 0. The SMILES string of the molecule is COC(=O)C(=O)CC(c1cccc(Br)c1)c1c[nH]c2ccccc12. The maximum atomic E-state index is 12.2. The number of rotatable bonds is 5. The van der Waals surface area contributed by atoms with E-state index in [1.54, 1.807) is 0 Å². The molecule has 122 valence electrons. The minimum absolute atomic E-state index is 0.0605. The highest BCUT2D eigenvalue weighted by Crippen LogP contribution is 2.34. The van der Waals surface area contributed by atoms with Gasteiger partial charge in [-0.15, -0.1) is 0 Å². The van der Waals surface area contributed by atoms with E-state index in [0.29, 0.717) is 0 Å². The van der Waals surface area contributed by atoms with Gasteiger partial charge in [-0.2, -0.15) is 0 Å². The Labute approximate surface area is 148 Å². The molecule has 1 N–H and O–H groups in total. The van der Waals surface area contributed by atoms with Crippen LogP contribution in [0.2, 0.25) is 0 Å². The van der Waals surface area contributed by atoms with Crippen LogP contribution < -0.4 is 0 Å². The molecule has 1 atom stereocenters. The van der Waals surface area contributed by atoms with Gasteiger partial charge in [0.1, 0.15) is 0 Å². The Balaban J connectivity index is 2.08. The highest BCUT2D eigenvalue weighted by molar-refractivity contribution is 9.10. The quantitative estimate of drug-likeness (QED) is 0.528. The molecule has 0 aliphatic carbocycles. The number of nitrogens with one attached hydrogen (secondary N) is 1. The molecule has 0 saturated carbocycles. The van der Waals surface area contributed by atoms with Gasteiger partial charge < -0.3 is 9.72 Å². The molecule has 0 aliphatic heterocycles. The largest absolute Gasteiger partial charge is 0.463 e. The van der Waals surface area contributed by atoms with Crippen molar-refractivity contribution in [3.05, 3.63) is 70.3 Å². The summed E-state index contributed by atoms with van der Waals surface area (Å²) < 4.78 is 5.50. The number of methoxy groups -OCH3 is 1. The van der Waals surface area contributed by atoms with Crippen LogP contribution in [0.15, 0.2) is 59.2 Å². The summed E-state index contributed by atoms with van der Waals surface area (Å²) in [5.41, 5.74) is 2.95. The number of ketones is 1. The lowest BCUT2D eigenvalue weighted by Crippen LogP contribution is -2.19. The van der Waals surface area contributed by atoms with E-state index < -0.39 is 11.8 Å². The number of aromatic nitrogens is 1. The van der Waals surface area contributed by atoms with Crippen molar-refractivity contribution in [2.45, 2.75) is 12.3 Å². The molecule has 0 radical (unpaired) electrons. The molecular formula is C19H16BrNO3. The molecule has 3 aromatic rings. The van der Waals surface area contributed by atoms with Crippen LogP contribution in [0.5, 0.6) is 0 Å². The van der Waals surface area contributed by atoms with Gasteiger partial charge in [-0.3, -0.25) is 4.79 Å². The van der Waals surface area contributed by atoms with Gasteiger partial charge in [0.2, 0.25) is 5.78 Å². The second-order valence-electron chi connectivity index (χ2n) is 5.52. The zero-order chi connectivity index (χ0) is 17.1. The normalized spacial score (nSPS) is 12.1. The second kappa shape index (κ2) is 7.01. The molecule has 4 nitrogen and oxygen atoms in total. The number of hydrogen-bond acceptors (Lipinski definition) is 3. The molecule has 1 heterocycles. The van der Waals surface area contributed by atoms with Crippen molar-refractivity contribution in [2.24, 2.45) is 0 Å². The average Bonchev–Trinajstić information content (AvgIpc) is 3.02. The van der Waals surface area contributed by atoms with Crippen LogP contribution in [-0.4, -0.2) is 23.8 Å². The third kappa shape index (κ3) is 3.26. The van der Waals surface area contributed by atoms with Gasteiger partial charge in [0, 0.05) is 33.9 Å². The highest BCUT2D eigenvalue weighted by Gasteiger charge is 2.25. The Morgan fingerprint density at radius 3 is 2.71 bits per heavy atom. The van der Waals surface area contributed by atoms with E-state index in [1.807, 2.05) is 54.7 Å². The van der Waals surface area contributed by atoms with E-state index in [4.69, 9.17) is 0 Å². The van der Waals surface area contributed by atoms with Crippen molar-refractivity contribution in [3.8, 4) is 0 Å². The summed E-state index contributed by atoms with van der Waals surface area (Å²) in [6.07, 6.45) is 1.96. The van der Waals surface area contributed by atoms with Crippen LogP contribution >= 0.6 is 15.9 Å². The number of Topliss-reactive ketones (excluding diaryl/α,β-unsaturated/α-hetero) is 1. The molecule has 0 spiro atoms. The molecule has 24 heavy (non-hydrogen) atoms. The summed E-state index contributed by atoms with van der Waals surface area (Å²) in [4.78, 5) is 27.0. The molecule has 0 saturated heterocycles. The van der Waals surface area contributed by atoms with Gasteiger partial charge in [-0.1, -0.05) is 46.3 Å². The number of ether oxygens (including phenoxy) is 1. The van der Waals surface area contributed by atoms with Crippen LogP contribution in [0, 0.1) is 0 Å². The van der Waals surface area contributed by atoms with Crippen molar-refractivity contribution >= 4 is 38.6 Å². The van der Waals surface area contributed by atoms with E-state index in [1.165, 1.54) is 7.11 Å². The van der Waals surface area contributed by atoms with Crippen LogP contribution in [0.3, 0.4) is 0 Å². The Kier molecular flexibility index (Phi) is 4.81. The van der Waals surface area contributed by atoms with E-state index in [2.05, 4.69) is 25.7 Å². The number of H-pyrrole nitrogens is 1. The van der Waals surface area contributed by atoms with Gasteiger partial charge in [-0.05, 0) is 29.3 Å². The Hall–Kier alpha value is -2.40. The first-order chi connectivity index (χ1) is 11.6. The predicted molar refractivity (Wildman–Crippen MR) is 95.9 cm³/mol. The van der Waals surface area contributed by atoms with Crippen molar-refractivity contribution in [2.75, 3.05) is 7.11 Å². The summed E-state index contributed by atoms with van der Waals surface area (Å²) >= 11 is 3.47. The van der Waals surface area contributed by atoms with Crippen molar-refractivity contribution < 1.29 is 14.3 Å². The minimum Gasteiger partial charge on any atom is -0.463 e. The Morgan fingerprint density at radius 1 is 1.17 bits per heavy atom. The number of esters is 1. The number of halogens is 1. The number of fused-ring (bicyclic) bond motifs is 1. The molecule has 3 rings (SSSR count). The molecule has 0 aliphatic rings. The maximum absolute atomic E-state index is 12.2. The van der Waals surface area contributed by atoms with Crippen LogP contribution in [0.4, 0.5) is 0 Å². The number of benzene rings is 2. The zero-order valence-corrected chi connectivity index (χ0v) is 14.7. The van der Waals surface area contributed by atoms with Crippen molar-refractivity contribution in [1.29, 1.82) is 0 Å². The molecule has 2 aromatic carbocycles. The lowest BCUT2D eigenvalue weighted by Gasteiger charge is -2.16. The number of para-hydroxylation sites is 1. The summed E-state index contributed by atoms with van der Waals surface area (Å²) in [6, 6.07) is 15.7. The molecule has 5 heteroatoms. The number of carbonyl (C=O) groups is 2. The van der Waals surface area contributed by atoms with Gasteiger partial charge in [0.25, 0.3) is 0 Å². The molecule has 1 unspecified atom stereocenters. The Bertz CT molecular complexity index is 900. The van der Waals surface area contributed by atoms with Gasteiger partial charge in [0.05, 0.1) is 7.11 Å². The van der Waals surface area contributed by atoms with Crippen LogP contribution in [-0.2, 0) is 14.3 Å². The first-order valence-corrected chi connectivity index (χ1v) is 8.32. The molecule has 1 aromatic heterocycles. The molecular weight excluding hydrogens is 370 g/mol. The lowest BCUT2D eigenvalue weighted by molar-refractivity contribution is -0.151. The Morgan fingerprint density at radius 2 is 1.96 bits per heavy atom. The highest BCUT2D eigenvalue weighted by atomic mass is 79.9. The summed E-state index contributed by atoms with van der Waals surface area (Å²) in [5.74, 6) is -1.58. The van der Waals surface area contributed by atoms with E-state index in [-0.39, 0.29) is 12.3 Å². The van der Waals surface area contributed by atoms with Gasteiger partial charge in [-0.25, -0.2) is 4.79 Å². The number of carbonyl (C=O) groups excluding carboxylic acids is 2. The third-order valence-electron chi connectivity index (χ3n) is 4.05. The fraction of sp³-hybridized carbons (Fsp3) is 0.158. The smallest absolute Gasteiger partial charge is 0.374 e. The number of aromatic amines is 1. The third-order valence-corrected chi connectivity index (χ3v) is 4.54. The number of hydrogen-bond donors (Lipinski definition) is 1. The molecule has 0 amide bonds. The predicted octanol–water partition coefficient (Wildman–Crippen LogP) is 4.19. The average molecular weight is 386 g/mol. The van der Waals surface area contributed by atoms with E-state index in [9.17, 15) is 9.59 Å². The monoisotopic (exact) mass is 385 g/mol. The summed E-state index contributed by atoms with van der Waals surface area (Å²) in [5, 5.41) is 1.04. The minimum atomic E-state index is -0.810. The first kappa shape index (κ1) is 16.5. The topological polar surface area (TPSA) is 59.2 Å². The van der Waals surface area contributed by atoms with Crippen molar-refractivity contribution in [1.82, 2.24) is 4.98 Å². The zero-order valence-electron chi connectivity index (χ0n) is 13.1.